The second-order valence-corrected chi connectivity index (χ2v) is 13.5. The molecule has 0 saturated carbocycles. The van der Waals surface area contributed by atoms with E-state index in [4.69, 9.17) is 4.89 Å². The Labute approximate surface area is 168 Å². The van der Waals surface area contributed by atoms with Gasteiger partial charge in [-0.2, -0.15) is 0 Å². The fourth-order valence-electron chi connectivity index (χ4n) is 3.26. The molecular formula is C22H42O3P2. The Balaban J connectivity index is 0.000000569. The van der Waals surface area contributed by atoms with Gasteiger partial charge in [0.05, 0.1) is 24.6 Å². The van der Waals surface area contributed by atoms with Crippen molar-refractivity contribution in [2.45, 2.75) is 79.1 Å². The van der Waals surface area contributed by atoms with E-state index in [0.29, 0.717) is 0 Å². The third kappa shape index (κ3) is 12.8. The van der Waals surface area contributed by atoms with Crippen LogP contribution in [0.1, 0.15) is 79.1 Å². The van der Waals surface area contributed by atoms with Crippen LogP contribution in [0.4, 0.5) is 0 Å². The first-order valence-corrected chi connectivity index (χ1v) is 14.9. The number of rotatable bonds is 13. The largest absolute Gasteiger partial charge is 0.775 e. The zero-order valence-corrected chi connectivity index (χ0v) is 19.8. The summed E-state index contributed by atoms with van der Waals surface area (Å²) in [6.07, 6.45) is 17.9. The Morgan fingerprint density at radius 3 is 1.33 bits per heavy atom. The molecule has 1 rings (SSSR count). The van der Waals surface area contributed by atoms with Gasteiger partial charge in [0, 0.05) is 12.6 Å². The molecular weight excluding hydrogens is 374 g/mol. The summed E-state index contributed by atoms with van der Waals surface area (Å²) in [7, 11) is -4.83. The Morgan fingerprint density at radius 2 is 1.11 bits per heavy atom. The highest BCUT2D eigenvalue weighted by Crippen LogP contribution is 2.61. The summed E-state index contributed by atoms with van der Waals surface area (Å²) in [5.74, 6) is 0. The van der Waals surface area contributed by atoms with Crippen LogP contribution >= 0.6 is 14.9 Å². The van der Waals surface area contributed by atoms with Crippen LogP contribution in [0.2, 0.25) is 0 Å². The Hall–Kier alpha value is -0.200. The number of hydrogen-bond donors (Lipinski definition) is 1. The van der Waals surface area contributed by atoms with Gasteiger partial charge >= 0.3 is 0 Å². The molecule has 0 radical (unpaired) electrons. The normalized spacial score (nSPS) is 13.6. The highest BCUT2D eigenvalue weighted by Gasteiger charge is 2.34. The van der Waals surface area contributed by atoms with Crippen molar-refractivity contribution in [3.8, 4) is 0 Å². The molecule has 1 N–H and O–H groups in total. The van der Waals surface area contributed by atoms with Crippen molar-refractivity contribution in [2.24, 2.45) is 0 Å². The molecule has 0 amide bonds. The average molecular weight is 417 g/mol. The van der Waals surface area contributed by atoms with E-state index in [1.54, 1.807) is 42.8 Å². The molecule has 3 nitrogen and oxygen atoms in total. The van der Waals surface area contributed by atoms with Crippen LogP contribution in [0.5, 0.6) is 0 Å². The van der Waals surface area contributed by atoms with E-state index in [2.05, 4.69) is 27.7 Å². The molecule has 0 heterocycles. The molecule has 27 heavy (non-hydrogen) atoms. The fourth-order valence-corrected chi connectivity index (χ4v) is 9.10. The summed E-state index contributed by atoms with van der Waals surface area (Å²) >= 11 is 0. The van der Waals surface area contributed by atoms with E-state index in [1.807, 2.05) is 0 Å². The minimum atomic E-state index is -4.27. The molecule has 1 unspecified atom stereocenters. The van der Waals surface area contributed by atoms with Gasteiger partial charge in [0.2, 0.25) is 0 Å². The van der Waals surface area contributed by atoms with Crippen LogP contribution in [0, 0.1) is 0 Å². The molecule has 1 atom stereocenters. The van der Waals surface area contributed by atoms with Gasteiger partial charge in [-0.1, -0.05) is 83.7 Å². The molecule has 0 aliphatic heterocycles. The maximum atomic E-state index is 10.4. The van der Waals surface area contributed by atoms with Gasteiger partial charge in [-0.3, -0.25) is 0 Å². The Kier molecular flexibility index (Phi) is 15.6. The first-order chi connectivity index (χ1) is 12.8. The van der Waals surface area contributed by atoms with E-state index in [9.17, 15) is 9.46 Å². The minimum absolute atomic E-state index is 0.0463. The third-order valence-corrected chi connectivity index (χ3v) is 11.0. The molecule has 5 heteroatoms. The van der Waals surface area contributed by atoms with Crippen LogP contribution in [-0.2, 0) is 4.57 Å². The van der Waals surface area contributed by atoms with Crippen molar-refractivity contribution in [3.05, 3.63) is 30.3 Å². The SMILES string of the molecule is CCCC[P+](CCCC)(CCCC)CCCC.O=P([O-])(O)c1ccccc1. The maximum absolute atomic E-state index is 10.4. The summed E-state index contributed by atoms with van der Waals surface area (Å²) < 4.78 is 10.4. The smallest absolute Gasteiger partial charge is 0.162 e. The van der Waals surface area contributed by atoms with E-state index in [-0.39, 0.29) is 5.30 Å². The molecule has 0 bridgehead atoms. The van der Waals surface area contributed by atoms with Gasteiger partial charge < -0.3 is 14.4 Å². The highest BCUT2D eigenvalue weighted by atomic mass is 31.2. The first-order valence-electron chi connectivity index (χ1n) is 10.8. The second kappa shape index (κ2) is 15.7. The second-order valence-electron chi connectivity index (χ2n) is 7.51. The lowest BCUT2D eigenvalue weighted by Crippen LogP contribution is -2.13. The van der Waals surface area contributed by atoms with Gasteiger partial charge in [0.25, 0.3) is 0 Å². The lowest BCUT2D eigenvalue weighted by molar-refractivity contribution is -0.188. The van der Waals surface area contributed by atoms with Crippen molar-refractivity contribution in [1.29, 1.82) is 0 Å². The monoisotopic (exact) mass is 416 g/mol. The van der Waals surface area contributed by atoms with E-state index < -0.39 is 14.9 Å². The van der Waals surface area contributed by atoms with Crippen LogP contribution in [0.25, 0.3) is 0 Å². The topological polar surface area (TPSA) is 60.4 Å². The van der Waals surface area contributed by atoms with Crippen LogP contribution < -0.4 is 10.2 Å². The molecule has 0 aromatic heterocycles. The van der Waals surface area contributed by atoms with Gasteiger partial charge in [-0.15, -0.1) is 0 Å². The molecule has 1 aromatic carbocycles. The zero-order valence-electron chi connectivity index (χ0n) is 18.0. The third-order valence-electron chi connectivity index (χ3n) is 5.03. The molecule has 0 fully saturated rings. The lowest BCUT2D eigenvalue weighted by Gasteiger charge is -2.28. The van der Waals surface area contributed by atoms with Crippen LogP contribution in [0.3, 0.4) is 0 Å². The maximum Gasteiger partial charge on any atom is 0.162 e. The molecule has 0 aliphatic rings. The summed E-state index contributed by atoms with van der Waals surface area (Å²) in [6.45, 7) is 9.42. The highest BCUT2D eigenvalue weighted by molar-refractivity contribution is 7.75. The molecule has 1 aromatic rings. The lowest BCUT2D eigenvalue weighted by atomic mass is 10.4. The standard InChI is InChI=1S/C16H36P.C6H7O3P/c1-5-9-13-17(14-10-6-2,15-11-7-3)16-12-8-4;7-10(8,9)6-4-2-1-3-5-6/h5-16H2,1-4H3;1-5H,(H2,7,8,9)/q+1;/p-1. The molecule has 158 valence electrons. The van der Waals surface area contributed by atoms with Crippen molar-refractivity contribution in [3.63, 3.8) is 0 Å². The summed E-state index contributed by atoms with van der Waals surface area (Å²) in [5, 5.41) is -0.0463. The summed E-state index contributed by atoms with van der Waals surface area (Å²) in [6, 6.07) is 7.47. The zero-order chi connectivity index (χ0) is 20.6. The Bertz CT molecular complexity index is 462. The van der Waals surface area contributed by atoms with Gasteiger partial charge in [0.1, 0.15) is 0 Å². The molecule has 0 aliphatic carbocycles. The number of unbranched alkanes of at least 4 members (excludes halogenated alkanes) is 4. The minimum Gasteiger partial charge on any atom is -0.775 e. The summed E-state index contributed by atoms with van der Waals surface area (Å²) in [4.78, 5) is 18.9. The quantitative estimate of drug-likeness (QED) is 0.398. The first kappa shape index (κ1) is 26.8. The van der Waals surface area contributed by atoms with Crippen molar-refractivity contribution in [2.75, 3.05) is 24.6 Å². The van der Waals surface area contributed by atoms with Gasteiger partial charge in [0.15, 0.2) is 7.60 Å². The van der Waals surface area contributed by atoms with Crippen LogP contribution in [-0.4, -0.2) is 29.5 Å². The van der Waals surface area contributed by atoms with Crippen LogP contribution in [0.15, 0.2) is 30.3 Å². The fraction of sp³-hybridized carbons (Fsp3) is 0.727. The van der Waals surface area contributed by atoms with Crippen molar-refractivity contribution in [1.82, 2.24) is 0 Å². The number of benzene rings is 1. The van der Waals surface area contributed by atoms with Gasteiger partial charge in [-0.25, -0.2) is 0 Å². The van der Waals surface area contributed by atoms with E-state index in [1.165, 1.54) is 63.5 Å². The summed E-state index contributed by atoms with van der Waals surface area (Å²) in [5.41, 5.74) is 0. The molecule has 0 spiro atoms. The molecule has 0 saturated heterocycles. The predicted molar refractivity (Wildman–Crippen MR) is 122 cm³/mol. The Morgan fingerprint density at radius 1 is 0.778 bits per heavy atom. The predicted octanol–water partition coefficient (Wildman–Crippen LogP) is 6.06. The number of hydrogen-bond acceptors (Lipinski definition) is 2. The van der Waals surface area contributed by atoms with Crippen molar-refractivity contribution >= 4 is 20.2 Å². The average Bonchev–Trinajstić information content (AvgIpc) is 2.67. The van der Waals surface area contributed by atoms with Gasteiger partial charge in [-0.05, 0) is 25.7 Å². The van der Waals surface area contributed by atoms with Crippen molar-refractivity contribution < 1.29 is 14.4 Å². The van der Waals surface area contributed by atoms with E-state index in [0.717, 1.165) is 0 Å². The van der Waals surface area contributed by atoms with E-state index >= 15 is 0 Å².